The van der Waals surface area contributed by atoms with Crippen LogP contribution in [0.25, 0.3) is 0 Å². The first-order chi connectivity index (χ1) is 6.93. The topological polar surface area (TPSA) is 96.2 Å². The minimum atomic E-state index is -1.33. The van der Waals surface area contributed by atoms with Crippen LogP contribution in [0.4, 0.5) is 0 Å². The van der Waals surface area contributed by atoms with Crippen LogP contribution in [-0.4, -0.2) is 57.3 Å². The maximum Gasteiger partial charge on any atom is 0.302 e. The van der Waals surface area contributed by atoms with Gasteiger partial charge in [0.05, 0.1) is 0 Å². The van der Waals surface area contributed by atoms with Crippen molar-refractivity contribution in [3.63, 3.8) is 0 Å². The van der Waals surface area contributed by atoms with E-state index in [1.54, 1.807) is 0 Å². The van der Waals surface area contributed by atoms with Crippen molar-refractivity contribution >= 4 is 21.9 Å². The number of ether oxygens (including phenoxy) is 2. The average Bonchev–Trinajstić information content (AvgIpc) is 2.18. The molecule has 2 unspecified atom stereocenters. The van der Waals surface area contributed by atoms with Crippen LogP contribution in [-0.2, 0) is 14.3 Å². The third-order valence-corrected chi connectivity index (χ3v) is 2.86. The van der Waals surface area contributed by atoms with E-state index in [4.69, 9.17) is 4.74 Å². The van der Waals surface area contributed by atoms with E-state index >= 15 is 0 Å². The lowest BCUT2D eigenvalue weighted by Crippen LogP contribution is -2.57. The fourth-order valence-corrected chi connectivity index (χ4v) is 1.83. The molecule has 1 aliphatic heterocycles. The third-order valence-electron chi connectivity index (χ3n) is 2.10. The molecule has 1 fully saturated rings. The summed E-state index contributed by atoms with van der Waals surface area (Å²) in [6.45, 7) is 1.06. The van der Waals surface area contributed by atoms with Crippen molar-refractivity contribution in [2.75, 3.05) is 6.61 Å². The van der Waals surface area contributed by atoms with Gasteiger partial charge in [-0.3, -0.25) is 4.79 Å². The fourth-order valence-electron chi connectivity index (χ4n) is 1.24. The van der Waals surface area contributed by atoms with Crippen LogP contribution in [0, 0.1) is 0 Å². The molecule has 1 aliphatic rings. The van der Waals surface area contributed by atoms with Gasteiger partial charge in [-0.15, -0.1) is 0 Å². The van der Waals surface area contributed by atoms with Crippen LogP contribution in [0.1, 0.15) is 6.92 Å². The van der Waals surface area contributed by atoms with Crippen molar-refractivity contribution in [3.05, 3.63) is 0 Å². The molecule has 0 aromatic carbocycles. The highest BCUT2D eigenvalue weighted by Crippen LogP contribution is 2.24. The number of alkyl halides is 1. The molecule has 5 atom stereocenters. The molecule has 0 spiro atoms. The van der Waals surface area contributed by atoms with Crippen molar-refractivity contribution in [1.29, 1.82) is 0 Å². The first-order valence-electron chi connectivity index (χ1n) is 4.40. The van der Waals surface area contributed by atoms with Crippen molar-refractivity contribution in [1.82, 2.24) is 0 Å². The van der Waals surface area contributed by atoms with Crippen LogP contribution in [0.5, 0.6) is 0 Å². The molecule has 1 rings (SSSR count). The molecular formula is C8H13BrO6. The van der Waals surface area contributed by atoms with Gasteiger partial charge in [-0.2, -0.15) is 0 Å². The highest BCUT2D eigenvalue weighted by atomic mass is 79.9. The van der Waals surface area contributed by atoms with Crippen LogP contribution >= 0.6 is 15.9 Å². The van der Waals surface area contributed by atoms with E-state index in [9.17, 15) is 20.1 Å². The molecule has 1 heterocycles. The first-order valence-corrected chi connectivity index (χ1v) is 5.32. The van der Waals surface area contributed by atoms with Gasteiger partial charge in [0.2, 0.25) is 0 Å². The van der Waals surface area contributed by atoms with E-state index < -0.39 is 35.4 Å². The van der Waals surface area contributed by atoms with Crippen LogP contribution in [0.15, 0.2) is 0 Å². The Morgan fingerprint density at radius 1 is 1.33 bits per heavy atom. The lowest BCUT2D eigenvalue weighted by molar-refractivity contribution is -0.208. The van der Waals surface area contributed by atoms with Gasteiger partial charge in [-0.25, -0.2) is 0 Å². The molecule has 3 N–H and O–H groups in total. The number of carbonyl (C=O) groups excluding carboxylic acids is 1. The Bertz CT molecular complexity index is 235. The van der Waals surface area contributed by atoms with Crippen LogP contribution in [0.2, 0.25) is 0 Å². The SMILES string of the molecule is CC(=O)OCC1O[C@H](Br)C(O)[C@@H](O)[C@H]1O. The highest BCUT2D eigenvalue weighted by Gasteiger charge is 2.42. The van der Waals surface area contributed by atoms with E-state index in [-0.39, 0.29) is 6.61 Å². The highest BCUT2D eigenvalue weighted by molar-refractivity contribution is 9.09. The number of halogens is 1. The normalized spacial score (nSPS) is 41.3. The maximum absolute atomic E-state index is 10.5. The second kappa shape index (κ2) is 5.22. The maximum atomic E-state index is 10.5. The Morgan fingerprint density at radius 3 is 2.47 bits per heavy atom. The van der Waals surface area contributed by atoms with E-state index in [1.165, 1.54) is 6.92 Å². The summed E-state index contributed by atoms with van der Waals surface area (Å²) < 4.78 is 9.76. The van der Waals surface area contributed by atoms with Crippen molar-refractivity contribution in [2.24, 2.45) is 0 Å². The van der Waals surface area contributed by atoms with Gasteiger partial charge >= 0.3 is 5.97 Å². The number of rotatable bonds is 2. The summed E-state index contributed by atoms with van der Waals surface area (Å²) in [4.78, 5) is 10.5. The summed E-state index contributed by atoms with van der Waals surface area (Å²) in [6.07, 6.45) is -4.68. The Morgan fingerprint density at radius 2 is 1.93 bits per heavy atom. The zero-order valence-electron chi connectivity index (χ0n) is 8.04. The summed E-state index contributed by atoms with van der Waals surface area (Å²) in [5.41, 5.74) is 0. The number of hydrogen-bond acceptors (Lipinski definition) is 6. The fraction of sp³-hybridized carbons (Fsp3) is 0.875. The quantitative estimate of drug-likeness (QED) is 0.433. The molecule has 0 amide bonds. The number of esters is 1. The van der Waals surface area contributed by atoms with Gasteiger partial charge in [0.1, 0.15) is 36.0 Å². The molecule has 0 radical (unpaired) electrons. The van der Waals surface area contributed by atoms with Gasteiger partial charge in [0.25, 0.3) is 0 Å². The Hall–Kier alpha value is -0.210. The third kappa shape index (κ3) is 3.12. The van der Waals surface area contributed by atoms with Crippen molar-refractivity contribution in [2.45, 2.75) is 36.4 Å². The largest absolute Gasteiger partial charge is 0.463 e. The zero-order chi connectivity index (χ0) is 11.6. The molecule has 88 valence electrons. The van der Waals surface area contributed by atoms with Gasteiger partial charge < -0.3 is 24.8 Å². The molecule has 0 aromatic rings. The zero-order valence-corrected chi connectivity index (χ0v) is 9.62. The lowest BCUT2D eigenvalue weighted by Gasteiger charge is -2.37. The first kappa shape index (κ1) is 12.9. The summed E-state index contributed by atoms with van der Waals surface area (Å²) in [7, 11) is 0. The summed E-state index contributed by atoms with van der Waals surface area (Å²) >= 11 is 2.99. The van der Waals surface area contributed by atoms with E-state index in [0.29, 0.717) is 0 Å². The summed E-state index contributed by atoms with van der Waals surface area (Å²) in [6, 6.07) is 0. The van der Waals surface area contributed by atoms with E-state index in [1.807, 2.05) is 0 Å². The van der Waals surface area contributed by atoms with E-state index in [0.717, 1.165) is 0 Å². The summed E-state index contributed by atoms with van der Waals surface area (Å²) in [5, 5.41) is 27.4. The molecule has 0 bridgehead atoms. The van der Waals surface area contributed by atoms with Crippen molar-refractivity contribution in [3.8, 4) is 0 Å². The molecule has 15 heavy (non-hydrogen) atoms. The molecule has 1 saturated heterocycles. The number of carbonyl (C=O) groups is 1. The monoisotopic (exact) mass is 284 g/mol. The second-order valence-corrected chi connectivity index (χ2v) is 4.20. The molecular weight excluding hydrogens is 272 g/mol. The standard InChI is InChI=1S/C8H13BrO6/c1-3(10)14-2-4-5(11)6(12)7(13)8(9)15-4/h4-8,11-13H,2H2,1H3/t4?,5-,6-,7?,8-/m0/s1. The van der Waals surface area contributed by atoms with Gasteiger partial charge in [-0.1, -0.05) is 15.9 Å². The minimum absolute atomic E-state index is 0.164. The number of aliphatic hydroxyl groups is 3. The van der Waals surface area contributed by atoms with Crippen LogP contribution in [0.3, 0.4) is 0 Å². The van der Waals surface area contributed by atoms with Crippen molar-refractivity contribution < 1.29 is 29.6 Å². The molecule has 0 aromatic heterocycles. The number of aliphatic hydroxyl groups excluding tert-OH is 3. The predicted octanol–water partition coefficient (Wildman–Crippen LogP) is -1.25. The predicted molar refractivity (Wildman–Crippen MR) is 52.2 cm³/mol. The Balaban J connectivity index is 2.54. The Labute approximate surface area is 94.9 Å². The van der Waals surface area contributed by atoms with Gasteiger partial charge in [-0.05, 0) is 0 Å². The van der Waals surface area contributed by atoms with Gasteiger partial charge in [0, 0.05) is 6.92 Å². The van der Waals surface area contributed by atoms with E-state index in [2.05, 4.69) is 20.7 Å². The minimum Gasteiger partial charge on any atom is -0.463 e. The molecule has 7 heteroatoms. The molecule has 0 saturated carbocycles. The average molecular weight is 285 g/mol. The van der Waals surface area contributed by atoms with Gasteiger partial charge in [0.15, 0.2) is 0 Å². The number of hydrogen-bond donors (Lipinski definition) is 3. The smallest absolute Gasteiger partial charge is 0.302 e. The molecule has 6 nitrogen and oxygen atoms in total. The summed E-state index contributed by atoms with van der Waals surface area (Å²) in [5.74, 6) is -0.502. The molecule has 0 aliphatic carbocycles. The van der Waals surface area contributed by atoms with Crippen LogP contribution < -0.4 is 0 Å². The Kier molecular flexibility index (Phi) is 4.47. The second-order valence-electron chi connectivity index (χ2n) is 3.30. The lowest BCUT2D eigenvalue weighted by atomic mass is 10.0.